The van der Waals surface area contributed by atoms with Gasteiger partial charge >= 0.3 is 0 Å². The SMILES string of the molecule is CCCC[N]C=O. The van der Waals surface area contributed by atoms with Crippen LogP contribution in [0.5, 0.6) is 0 Å². The molecule has 1 amide bonds. The molecule has 7 heavy (non-hydrogen) atoms. The fraction of sp³-hybridized carbons (Fsp3) is 0.800. The fourth-order valence-electron chi connectivity index (χ4n) is 0.302. The Kier molecular flexibility index (Phi) is 5.06. The third-order valence-electron chi connectivity index (χ3n) is 0.715. The zero-order valence-corrected chi connectivity index (χ0v) is 4.55. The van der Waals surface area contributed by atoms with Crippen LogP contribution in [0.25, 0.3) is 0 Å². The van der Waals surface area contributed by atoms with Crippen LogP contribution in [0.3, 0.4) is 0 Å². The molecular formula is C5H10NO. The molecule has 0 saturated heterocycles. The number of carbonyl (C=O) groups excluding carboxylic acids is 1. The molecule has 2 heteroatoms. The average Bonchev–Trinajstić information content (AvgIpc) is 1.69. The molecule has 0 atom stereocenters. The predicted octanol–water partition coefficient (Wildman–Crippen LogP) is 0.547. The van der Waals surface area contributed by atoms with Crippen LogP contribution in [0.4, 0.5) is 0 Å². The van der Waals surface area contributed by atoms with E-state index < -0.39 is 0 Å². The van der Waals surface area contributed by atoms with E-state index in [1.54, 1.807) is 0 Å². The maximum Gasteiger partial charge on any atom is 0.228 e. The molecule has 0 aliphatic rings. The van der Waals surface area contributed by atoms with Gasteiger partial charge in [-0.05, 0) is 6.42 Å². The van der Waals surface area contributed by atoms with Crippen molar-refractivity contribution in [1.29, 1.82) is 0 Å². The molecule has 0 spiro atoms. The molecule has 2 nitrogen and oxygen atoms in total. The zero-order valence-electron chi connectivity index (χ0n) is 4.55. The quantitative estimate of drug-likeness (QED) is 0.375. The van der Waals surface area contributed by atoms with Crippen LogP contribution >= 0.6 is 0 Å². The van der Waals surface area contributed by atoms with Crippen molar-refractivity contribution >= 4 is 6.41 Å². The number of amides is 1. The molecule has 0 unspecified atom stereocenters. The molecule has 0 N–H and O–H groups in total. The maximum absolute atomic E-state index is 9.51. The Balaban J connectivity index is 2.56. The first-order valence-electron chi connectivity index (χ1n) is 2.52. The average molecular weight is 100 g/mol. The van der Waals surface area contributed by atoms with Crippen molar-refractivity contribution in [2.45, 2.75) is 19.8 Å². The molecule has 41 valence electrons. The summed E-state index contributed by atoms with van der Waals surface area (Å²) in [4.78, 5) is 9.51. The van der Waals surface area contributed by atoms with Crippen molar-refractivity contribution in [2.24, 2.45) is 0 Å². The molecule has 0 saturated carbocycles. The number of nitrogens with zero attached hydrogens (tertiary/aromatic N) is 1. The van der Waals surface area contributed by atoms with Crippen molar-refractivity contribution in [2.75, 3.05) is 6.54 Å². The Morgan fingerprint density at radius 1 is 1.71 bits per heavy atom. The van der Waals surface area contributed by atoms with Crippen LogP contribution in [-0.4, -0.2) is 13.0 Å². The van der Waals surface area contributed by atoms with Crippen molar-refractivity contribution in [3.63, 3.8) is 0 Å². The minimum Gasteiger partial charge on any atom is -0.277 e. The second kappa shape index (κ2) is 5.47. The zero-order chi connectivity index (χ0) is 5.54. The molecule has 0 aromatic heterocycles. The highest BCUT2D eigenvalue weighted by molar-refractivity contribution is 5.45. The van der Waals surface area contributed by atoms with Gasteiger partial charge in [0.15, 0.2) is 0 Å². The summed E-state index contributed by atoms with van der Waals surface area (Å²) in [7, 11) is 0. The normalized spacial score (nSPS) is 8.14. The van der Waals surface area contributed by atoms with Crippen molar-refractivity contribution in [3.8, 4) is 0 Å². The molecule has 0 aliphatic carbocycles. The van der Waals surface area contributed by atoms with Crippen LogP contribution in [0.15, 0.2) is 0 Å². The van der Waals surface area contributed by atoms with Crippen LogP contribution in [-0.2, 0) is 4.79 Å². The van der Waals surface area contributed by atoms with Gasteiger partial charge in [0.1, 0.15) is 0 Å². The number of rotatable bonds is 4. The second-order valence-corrected chi connectivity index (χ2v) is 1.37. The Bertz CT molecular complexity index is 45.3. The summed E-state index contributed by atoms with van der Waals surface area (Å²) in [5, 5.41) is 3.48. The van der Waals surface area contributed by atoms with E-state index in [2.05, 4.69) is 12.2 Å². The van der Waals surface area contributed by atoms with Gasteiger partial charge < -0.3 is 0 Å². The van der Waals surface area contributed by atoms with Gasteiger partial charge in [0.2, 0.25) is 6.41 Å². The van der Waals surface area contributed by atoms with Crippen molar-refractivity contribution in [3.05, 3.63) is 0 Å². The van der Waals surface area contributed by atoms with E-state index in [4.69, 9.17) is 0 Å². The molecule has 0 aromatic rings. The largest absolute Gasteiger partial charge is 0.277 e. The van der Waals surface area contributed by atoms with E-state index in [-0.39, 0.29) is 0 Å². The second-order valence-electron chi connectivity index (χ2n) is 1.37. The van der Waals surface area contributed by atoms with E-state index in [1.807, 2.05) is 0 Å². The Hall–Kier alpha value is -0.530. The van der Waals surface area contributed by atoms with E-state index >= 15 is 0 Å². The fourth-order valence-corrected chi connectivity index (χ4v) is 0.302. The lowest BCUT2D eigenvalue weighted by molar-refractivity contribution is -0.109. The van der Waals surface area contributed by atoms with Gasteiger partial charge in [0.05, 0.1) is 0 Å². The molecule has 0 rings (SSSR count). The summed E-state index contributed by atoms with van der Waals surface area (Å²) in [6.45, 7) is 2.76. The smallest absolute Gasteiger partial charge is 0.228 e. The van der Waals surface area contributed by atoms with E-state index in [1.165, 1.54) is 0 Å². The van der Waals surface area contributed by atoms with Gasteiger partial charge in [0.25, 0.3) is 0 Å². The van der Waals surface area contributed by atoms with Gasteiger partial charge in [-0.25, -0.2) is 0 Å². The van der Waals surface area contributed by atoms with Crippen molar-refractivity contribution < 1.29 is 4.79 Å². The number of hydrogen-bond donors (Lipinski definition) is 0. The summed E-state index contributed by atoms with van der Waals surface area (Å²) in [5.41, 5.74) is 0. The van der Waals surface area contributed by atoms with E-state index in [0.717, 1.165) is 12.8 Å². The van der Waals surface area contributed by atoms with Gasteiger partial charge in [-0.1, -0.05) is 13.3 Å². The molecule has 0 bridgehead atoms. The number of unbranched alkanes of at least 4 members (excludes halogenated alkanes) is 1. The third-order valence-corrected chi connectivity index (χ3v) is 0.715. The lowest BCUT2D eigenvalue weighted by Gasteiger charge is -1.87. The highest BCUT2D eigenvalue weighted by Gasteiger charge is 1.79. The topological polar surface area (TPSA) is 31.2 Å². The van der Waals surface area contributed by atoms with Crippen LogP contribution in [0, 0.1) is 0 Å². The lowest BCUT2D eigenvalue weighted by Crippen LogP contribution is -2.01. The first kappa shape index (κ1) is 6.47. The highest BCUT2D eigenvalue weighted by Crippen LogP contribution is 1.80. The van der Waals surface area contributed by atoms with Gasteiger partial charge in [-0.15, -0.1) is 0 Å². The first-order chi connectivity index (χ1) is 3.41. The molecule has 1 radical (unpaired) electrons. The summed E-state index contributed by atoms with van der Waals surface area (Å²) < 4.78 is 0. The first-order valence-corrected chi connectivity index (χ1v) is 2.52. The summed E-state index contributed by atoms with van der Waals surface area (Å²) in [5.74, 6) is 0. The van der Waals surface area contributed by atoms with E-state index in [9.17, 15) is 4.79 Å². The minimum absolute atomic E-state index is 0.607. The Morgan fingerprint density at radius 2 is 2.43 bits per heavy atom. The molecule has 0 aromatic carbocycles. The van der Waals surface area contributed by atoms with Gasteiger partial charge in [-0.2, -0.15) is 0 Å². The molecule has 0 aliphatic heterocycles. The summed E-state index contributed by atoms with van der Waals surface area (Å²) in [6.07, 6.45) is 2.74. The molecule has 0 fully saturated rings. The minimum atomic E-state index is 0.607. The van der Waals surface area contributed by atoms with Gasteiger partial charge in [-0.3, -0.25) is 10.1 Å². The summed E-state index contributed by atoms with van der Waals surface area (Å²) >= 11 is 0. The Labute approximate surface area is 43.9 Å². The van der Waals surface area contributed by atoms with Crippen LogP contribution in [0.2, 0.25) is 0 Å². The Morgan fingerprint density at radius 3 is 2.86 bits per heavy atom. The highest BCUT2D eigenvalue weighted by atomic mass is 16.1. The van der Waals surface area contributed by atoms with Gasteiger partial charge in [0, 0.05) is 6.54 Å². The van der Waals surface area contributed by atoms with Crippen molar-refractivity contribution in [1.82, 2.24) is 5.32 Å². The number of carbonyl (C=O) groups is 1. The molecule has 0 heterocycles. The third kappa shape index (κ3) is 5.47. The van der Waals surface area contributed by atoms with Crippen LogP contribution in [0.1, 0.15) is 19.8 Å². The van der Waals surface area contributed by atoms with Crippen LogP contribution < -0.4 is 5.32 Å². The predicted molar refractivity (Wildman–Crippen MR) is 28.0 cm³/mol. The summed E-state index contributed by atoms with van der Waals surface area (Å²) in [6, 6.07) is 0. The standard InChI is InChI=1S/C5H10NO/c1-2-3-4-6-5-7/h5H,2-4H2,1H3. The number of hydrogen-bond acceptors (Lipinski definition) is 1. The molecular weight excluding hydrogens is 90.1 g/mol. The maximum atomic E-state index is 9.51. The monoisotopic (exact) mass is 100 g/mol. The van der Waals surface area contributed by atoms with E-state index in [0.29, 0.717) is 13.0 Å². The lowest BCUT2D eigenvalue weighted by atomic mass is 10.3.